The molecular formula is C17H22ClN3O3. The average Bonchev–Trinajstić information content (AvgIpc) is 2.83. The maximum Gasteiger partial charge on any atom is 0.224 e. The summed E-state index contributed by atoms with van der Waals surface area (Å²) in [5.41, 5.74) is 3.46. The number of aliphatic hydroxyl groups is 1. The number of carbonyl (C=O) groups excluding carboxylic acids is 1. The molecule has 0 aliphatic carbocycles. The molecule has 1 aromatic carbocycles. The molecule has 0 radical (unpaired) electrons. The standard InChI is InChI=1S/C17H22ClN3O3/c1-11-16(8-17(23)19-14(9-22)10-24-3)12(2)21(20-11)15-6-4-13(18)5-7-15/h4-7,14,22H,8-10H2,1-3H3,(H,19,23)/t14-/m1/s1. The van der Waals surface area contributed by atoms with E-state index in [0.29, 0.717) is 5.02 Å². The number of benzene rings is 1. The highest BCUT2D eigenvalue weighted by Crippen LogP contribution is 2.20. The van der Waals surface area contributed by atoms with Crippen LogP contribution in [0.2, 0.25) is 5.02 Å². The number of ether oxygens (including phenoxy) is 1. The van der Waals surface area contributed by atoms with Crippen LogP contribution in [0.3, 0.4) is 0 Å². The molecule has 2 aromatic rings. The van der Waals surface area contributed by atoms with Crippen LogP contribution >= 0.6 is 11.6 Å². The topological polar surface area (TPSA) is 76.4 Å². The number of hydrogen-bond donors (Lipinski definition) is 2. The lowest BCUT2D eigenvalue weighted by atomic mass is 10.1. The van der Waals surface area contributed by atoms with Crippen LogP contribution < -0.4 is 5.32 Å². The molecular weight excluding hydrogens is 330 g/mol. The molecule has 0 fully saturated rings. The van der Waals surface area contributed by atoms with Gasteiger partial charge in [0.05, 0.1) is 37.1 Å². The minimum Gasteiger partial charge on any atom is -0.394 e. The van der Waals surface area contributed by atoms with E-state index in [-0.39, 0.29) is 25.5 Å². The van der Waals surface area contributed by atoms with E-state index < -0.39 is 6.04 Å². The van der Waals surface area contributed by atoms with Crippen LogP contribution in [0.25, 0.3) is 5.69 Å². The number of amides is 1. The summed E-state index contributed by atoms with van der Waals surface area (Å²) in [5.74, 6) is -0.173. The van der Waals surface area contributed by atoms with E-state index in [1.54, 1.807) is 16.8 Å². The second-order valence-corrected chi connectivity index (χ2v) is 6.05. The van der Waals surface area contributed by atoms with Crippen LogP contribution in [0.4, 0.5) is 0 Å². The summed E-state index contributed by atoms with van der Waals surface area (Å²) in [6.45, 7) is 3.91. The molecule has 2 rings (SSSR count). The van der Waals surface area contributed by atoms with Gasteiger partial charge < -0.3 is 15.2 Å². The Kier molecular flexibility index (Phi) is 6.36. The maximum absolute atomic E-state index is 12.2. The minimum absolute atomic E-state index is 0.165. The number of rotatable bonds is 7. The first-order chi connectivity index (χ1) is 11.5. The van der Waals surface area contributed by atoms with Gasteiger partial charge in [-0.2, -0.15) is 5.10 Å². The second kappa shape index (κ2) is 8.28. The van der Waals surface area contributed by atoms with Crippen molar-refractivity contribution in [2.24, 2.45) is 0 Å². The Bertz CT molecular complexity index is 698. The van der Waals surface area contributed by atoms with Gasteiger partial charge in [0.15, 0.2) is 0 Å². The lowest BCUT2D eigenvalue weighted by Crippen LogP contribution is -2.41. The Morgan fingerprint density at radius 1 is 1.38 bits per heavy atom. The Hall–Kier alpha value is -1.89. The molecule has 0 spiro atoms. The number of methoxy groups -OCH3 is 1. The van der Waals surface area contributed by atoms with Crippen molar-refractivity contribution in [2.45, 2.75) is 26.3 Å². The van der Waals surface area contributed by atoms with Crippen LogP contribution in [-0.2, 0) is 16.0 Å². The molecule has 0 saturated heterocycles. The molecule has 24 heavy (non-hydrogen) atoms. The third-order valence-corrected chi connectivity index (χ3v) is 4.06. The first kappa shape index (κ1) is 18.4. The van der Waals surface area contributed by atoms with Gasteiger partial charge in [0.1, 0.15) is 0 Å². The molecule has 1 heterocycles. The summed E-state index contributed by atoms with van der Waals surface area (Å²) >= 11 is 5.92. The fourth-order valence-electron chi connectivity index (χ4n) is 2.54. The zero-order valence-corrected chi connectivity index (χ0v) is 14.8. The van der Waals surface area contributed by atoms with Gasteiger partial charge in [-0.3, -0.25) is 4.79 Å². The smallest absolute Gasteiger partial charge is 0.224 e. The molecule has 0 aliphatic heterocycles. The molecule has 130 valence electrons. The number of hydrogen-bond acceptors (Lipinski definition) is 4. The van der Waals surface area contributed by atoms with Crippen molar-refractivity contribution in [3.8, 4) is 5.69 Å². The number of aryl methyl sites for hydroxylation is 1. The lowest BCUT2D eigenvalue weighted by Gasteiger charge is -2.15. The number of aromatic nitrogens is 2. The minimum atomic E-state index is -0.408. The van der Waals surface area contributed by atoms with Crippen molar-refractivity contribution in [1.29, 1.82) is 0 Å². The van der Waals surface area contributed by atoms with Gasteiger partial charge in [0.2, 0.25) is 5.91 Å². The summed E-state index contributed by atoms with van der Waals surface area (Å²) in [6.07, 6.45) is 0.200. The number of halogens is 1. The highest BCUT2D eigenvalue weighted by Gasteiger charge is 2.18. The number of nitrogens with zero attached hydrogens (tertiary/aromatic N) is 2. The predicted molar refractivity (Wildman–Crippen MR) is 92.6 cm³/mol. The van der Waals surface area contributed by atoms with E-state index in [0.717, 1.165) is 22.6 Å². The van der Waals surface area contributed by atoms with Gasteiger partial charge in [-0.15, -0.1) is 0 Å². The highest BCUT2D eigenvalue weighted by atomic mass is 35.5. The number of aliphatic hydroxyl groups excluding tert-OH is 1. The molecule has 0 aliphatic rings. The Balaban J connectivity index is 2.17. The van der Waals surface area contributed by atoms with Gasteiger partial charge in [-0.05, 0) is 38.1 Å². The van der Waals surface area contributed by atoms with E-state index in [1.165, 1.54) is 7.11 Å². The van der Waals surface area contributed by atoms with Gasteiger partial charge in [-0.25, -0.2) is 4.68 Å². The highest BCUT2D eigenvalue weighted by molar-refractivity contribution is 6.30. The van der Waals surface area contributed by atoms with E-state index >= 15 is 0 Å². The first-order valence-electron chi connectivity index (χ1n) is 7.66. The second-order valence-electron chi connectivity index (χ2n) is 5.62. The SMILES string of the molecule is COC[C@@H](CO)NC(=O)Cc1c(C)nn(-c2ccc(Cl)cc2)c1C. The third-order valence-electron chi connectivity index (χ3n) is 3.80. The predicted octanol–water partition coefficient (Wildman–Crippen LogP) is 1.81. The average molecular weight is 352 g/mol. The summed E-state index contributed by atoms with van der Waals surface area (Å²) in [5, 5.41) is 17.2. The van der Waals surface area contributed by atoms with E-state index in [4.69, 9.17) is 16.3 Å². The van der Waals surface area contributed by atoms with Crippen LogP contribution in [0, 0.1) is 13.8 Å². The van der Waals surface area contributed by atoms with Crippen molar-refractivity contribution >= 4 is 17.5 Å². The zero-order valence-electron chi connectivity index (χ0n) is 14.0. The molecule has 0 unspecified atom stereocenters. The van der Waals surface area contributed by atoms with E-state index in [2.05, 4.69) is 10.4 Å². The normalized spacial score (nSPS) is 12.2. The number of carbonyl (C=O) groups is 1. The molecule has 1 atom stereocenters. The van der Waals surface area contributed by atoms with Crippen molar-refractivity contribution in [3.05, 3.63) is 46.2 Å². The molecule has 2 N–H and O–H groups in total. The maximum atomic E-state index is 12.2. The summed E-state index contributed by atoms with van der Waals surface area (Å²) < 4.78 is 6.76. The van der Waals surface area contributed by atoms with Gasteiger partial charge in [-0.1, -0.05) is 11.6 Å². The van der Waals surface area contributed by atoms with E-state index in [9.17, 15) is 9.90 Å². The van der Waals surface area contributed by atoms with E-state index in [1.807, 2.05) is 26.0 Å². The first-order valence-corrected chi connectivity index (χ1v) is 8.04. The Morgan fingerprint density at radius 3 is 2.62 bits per heavy atom. The van der Waals surface area contributed by atoms with Crippen LogP contribution in [0.5, 0.6) is 0 Å². The van der Waals surface area contributed by atoms with Crippen molar-refractivity contribution in [3.63, 3.8) is 0 Å². The molecule has 0 saturated carbocycles. The van der Waals surface area contributed by atoms with Crippen LogP contribution in [0.1, 0.15) is 17.0 Å². The van der Waals surface area contributed by atoms with Crippen molar-refractivity contribution in [1.82, 2.24) is 15.1 Å². The zero-order chi connectivity index (χ0) is 17.7. The van der Waals surface area contributed by atoms with Crippen molar-refractivity contribution < 1.29 is 14.6 Å². The molecule has 0 bridgehead atoms. The monoisotopic (exact) mass is 351 g/mol. The molecule has 1 amide bonds. The van der Waals surface area contributed by atoms with Crippen molar-refractivity contribution in [2.75, 3.05) is 20.3 Å². The summed E-state index contributed by atoms with van der Waals surface area (Å²) in [6, 6.07) is 6.96. The van der Waals surface area contributed by atoms with Crippen LogP contribution in [-0.4, -0.2) is 47.2 Å². The largest absolute Gasteiger partial charge is 0.394 e. The molecule has 1 aromatic heterocycles. The van der Waals surface area contributed by atoms with Crippen LogP contribution in [0.15, 0.2) is 24.3 Å². The Labute approximate surface area is 146 Å². The fourth-order valence-corrected chi connectivity index (χ4v) is 2.67. The lowest BCUT2D eigenvalue weighted by molar-refractivity contribution is -0.121. The Morgan fingerprint density at radius 2 is 2.04 bits per heavy atom. The quantitative estimate of drug-likeness (QED) is 0.797. The summed E-state index contributed by atoms with van der Waals surface area (Å²) in [4.78, 5) is 12.2. The van der Waals surface area contributed by atoms with Gasteiger partial charge >= 0.3 is 0 Å². The molecule has 7 heteroatoms. The fraction of sp³-hybridized carbons (Fsp3) is 0.412. The number of nitrogens with one attached hydrogen (secondary N) is 1. The van der Waals surface area contributed by atoms with Gasteiger partial charge in [0.25, 0.3) is 0 Å². The van der Waals surface area contributed by atoms with Gasteiger partial charge in [0, 0.05) is 23.4 Å². The summed E-state index contributed by atoms with van der Waals surface area (Å²) in [7, 11) is 1.53. The third kappa shape index (κ3) is 4.35. The molecule has 6 nitrogen and oxygen atoms in total.